The van der Waals surface area contributed by atoms with Gasteiger partial charge in [-0.15, -0.1) is 0 Å². The Balaban J connectivity index is 1.97. The largest absolute Gasteiger partial charge is 0.494 e. The highest BCUT2D eigenvalue weighted by molar-refractivity contribution is 5.97. The number of ether oxygens (including phenoxy) is 1. The van der Waals surface area contributed by atoms with Gasteiger partial charge in [0.2, 0.25) is 0 Å². The molecule has 2 aliphatic rings. The molecule has 1 saturated carbocycles. The van der Waals surface area contributed by atoms with Crippen molar-refractivity contribution in [3.05, 3.63) is 23.3 Å². The lowest BCUT2D eigenvalue weighted by atomic mass is 9.76. The molecule has 1 aromatic carbocycles. The molecule has 27 heavy (non-hydrogen) atoms. The molecule has 2 amide bonds. The van der Waals surface area contributed by atoms with Crippen LogP contribution in [0.1, 0.15) is 51.2 Å². The maximum absolute atomic E-state index is 13.8. The van der Waals surface area contributed by atoms with Crippen LogP contribution in [0.25, 0.3) is 0 Å². The van der Waals surface area contributed by atoms with Crippen molar-refractivity contribution in [3.63, 3.8) is 0 Å². The van der Waals surface area contributed by atoms with Crippen molar-refractivity contribution in [2.24, 2.45) is 5.92 Å². The first-order valence-corrected chi connectivity index (χ1v) is 9.14. The van der Waals surface area contributed by atoms with E-state index >= 15 is 0 Å². The Morgan fingerprint density at radius 2 is 2.04 bits per heavy atom. The van der Waals surface area contributed by atoms with E-state index in [4.69, 9.17) is 4.74 Å². The predicted molar refractivity (Wildman–Crippen MR) is 94.8 cm³/mol. The lowest BCUT2D eigenvalue weighted by Gasteiger charge is -2.48. The number of amides is 2. The Kier molecular flexibility index (Phi) is 5.05. The quantitative estimate of drug-likeness (QED) is 0.802. The summed E-state index contributed by atoms with van der Waals surface area (Å²) in [5.41, 5.74) is -1.58. The van der Waals surface area contributed by atoms with E-state index in [1.54, 1.807) is 13.0 Å². The van der Waals surface area contributed by atoms with Gasteiger partial charge in [-0.2, -0.15) is 13.2 Å². The summed E-state index contributed by atoms with van der Waals surface area (Å²) < 4.78 is 46.9. The molecular weight excluding hydrogens is 361 g/mol. The van der Waals surface area contributed by atoms with Crippen LogP contribution < -0.4 is 15.0 Å². The summed E-state index contributed by atoms with van der Waals surface area (Å²) in [5, 5.41) is 12.6. The number of hydrogen-bond donors (Lipinski definition) is 2. The Morgan fingerprint density at radius 1 is 1.37 bits per heavy atom. The van der Waals surface area contributed by atoms with Crippen LogP contribution in [0.5, 0.6) is 5.75 Å². The fourth-order valence-corrected chi connectivity index (χ4v) is 3.64. The van der Waals surface area contributed by atoms with Crippen LogP contribution in [-0.4, -0.2) is 29.4 Å². The van der Waals surface area contributed by atoms with Crippen molar-refractivity contribution in [3.8, 4) is 5.75 Å². The minimum absolute atomic E-state index is 0.0121. The van der Waals surface area contributed by atoms with Gasteiger partial charge in [0.25, 0.3) is 0 Å². The van der Waals surface area contributed by atoms with Gasteiger partial charge in [-0.05, 0) is 49.8 Å². The topological polar surface area (TPSA) is 61.8 Å². The number of benzene rings is 1. The zero-order valence-corrected chi connectivity index (χ0v) is 15.7. The van der Waals surface area contributed by atoms with Crippen LogP contribution in [0.4, 0.5) is 23.7 Å². The van der Waals surface area contributed by atoms with Crippen LogP contribution in [-0.2, 0) is 12.7 Å². The van der Waals surface area contributed by atoms with E-state index in [-0.39, 0.29) is 30.8 Å². The van der Waals surface area contributed by atoms with Crippen molar-refractivity contribution in [1.29, 1.82) is 0 Å². The molecule has 8 heteroatoms. The normalized spacial score (nSPS) is 25.1. The number of nitrogens with zero attached hydrogens (tertiary/aromatic N) is 1. The first-order valence-electron chi connectivity index (χ1n) is 9.14. The lowest BCUT2D eigenvalue weighted by molar-refractivity contribution is -0.137. The molecule has 1 aliphatic heterocycles. The molecule has 1 aliphatic carbocycles. The lowest BCUT2D eigenvalue weighted by Crippen LogP contribution is -2.59. The van der Waals surface area contributed by atoms with Gasteiger partial charge in [-0.25, -0.2) is 4.79 Å². The maximum atomic E-state index is 13.8. The van der Waals surface area contributed by atoms with E-state index in [0.29, 0.717) is 18.1 Å². The number of aliphatic hydroxyl groups is 1. The highest BCUT2D eigenvalue weighted by Crippen LogP contribution is 2.46. The number of hydrogen-bond acceptors (Lipinski definition) is 3. The predicted octanol–water partition coefficient (Wildman–Crippen LogP) is 4.07. The molecule has 3 rings (SSSR count). The number of anilines is 1. The van der Waals surface area contributed by atoms with E-state index in [2.05, 4.69) is 5.32 Å². The Bertz CT molecular complexity index is 724. The molecule has 1 heterocycles. The van der Waals surface area contributed by atoms with Crippen LogP contribution in [0.2, 0.25) is 0 Å². The number of urea groups is 1. The summed E-state index contributed by atoms with van der Waals surface area (Å²) in [4.78, 5) is 13.5. The van der Waals surface area contributed by atoms with Crippen molar-refractivity contribution < 1.29 is 27.8 Å². The number of nitrogens with one attached hydrogen (secondary N) is 1. The number of halogens is 3. The minimum atomic E-state index is -4.62. The van der Waals surface area contributed by atoms with Gasteiger partial charge in [0.15, 0.2) is 0 Å². The van der Waals surface area contributed by atoms with E-state index in [1.165, 1.54) is 0 Å². The molecular formula is C19H25F3N2O3. The van der Waals surface area contributed by atoms with Crippen LogP contribution in [0.15, 0.2) is 12.1 Å². The fraction of sp³-hybridized carbons (Fsp3) is 0.632. The number of carbonyl (C=O) groups excluding carboxylic acids is 1. The molecule has 0 spiro atoms. The molecule has 1 fully saturated rings. The van der Waals surface area contributed by atoms with Crippen LogP contribution in [0, 0.1) is 5.92 Å². The van der Waals surface area contributed by atoms with Gasteiger partial charge in [-0.1, -0.05) is 13.8 Å². The van der Waals surface area contributed by atoms with E-state index in [1.807, 2.05) is 13.8 Å². The van der Waals surface area contributed by atoms with E-state index in [0.717, 1.165) is 17.4 Å². The van der Waals surface area contributed by atoms with Crippen molar-refractivity contribution in [1.82, 2.24) is 5.32 Å². The van der Waals surface area contributed by atoms with Gasteiger partial charge < -0.3 is 15.2 Å². The third kappa shape index (κ3) is 4.15. The highest BCUT2D eigenvalue weighted by Gasteiger charge is 2.48. The molecule has 2 N–H and O–H groups in total. The second-order valence-corrected chi connectivity index (χ2v) is 8.10. The van der Waals surface area contributed by atoms with Gasteiger partial charge >= 0.3 is 12.2 Å². The number of rotatable bonds is 5. The van der Waals surface area contributed by atoms with Crippen molar-refractivity contribution >= 4 is 11.7 Å². The molecule has 0 radical (unpaired) electrons. The first-order chi connectivity index (χ1) is 12.5. The SMILES string of the molecule is CC(C)CCOc1cc2c(c(C(F)(F)F)c1)N([C@H]1C[C@](C)(O)C1)C(=O)NC2. The summed E-state index contributed by atoms with van der Waals surface area (Å²) in [6.07, 6.45) is -3.41. The fourth-order valence-electron chi connectivity index (χ4n) is 3.64. The molecule has 0 aromatic heterocycles. The second kappa shape index (κ2) is 6.89. The summed E-state index contributed by atoms with van der Waals surface area (Å²) in [6.45, 7) is 5.98. The molecule has 1 aromatic rings. The average Bonchev–Trinajstić information content (AvgIpc) is 2.51. The average molecular weight is 386 g/mol. The minimum Gasteiger partial charge on any atom is -0.494 e. The van der Waals surface area contributed by atoms with Gasteiger partial charge in [0.05, 0.1) is 23.5 Å². The highest BCUT2D eigenvalue weighted by atomic mass is 19.4. The molecule has 150 valence electrons. The molecule has 0 atom stereocenters. The monoisotopic (exact) mass is 386 g/mol. The second-order valence-electron chi connectivity index (χ2n) is 8.10. The number of carbonyl (C=O) groups is 1. The number of alkyl halides is 3. The molecule has 5 nitrogen and oxygen atoms in total. The molecule has 0 unspecified atom stereocenters. The third-order valence-electron chi connectivity index (χ3n) is 5.04. The zero-order valence-electron chi connectivity index (χ0n) is 15.7. The summed E-state index contributed by atoms with van der Waals surface area (Å²) >= 11 is 0. The van der Waals surface area contributed by atoms with Crippen molar-refractivity contribution in [2.45, 2.75) is 64.4 Å². The van der Waals surface area contributed by atoms with E-state index in [9.17, 15) is 23.1 Å². The van der Waals surface area contributed by atoms with Crippen LogP contribution in [0.3, 0.4) is 0 Å². The first kappa shape index (κ1) is 19.8. The Morgan fingerprint density at radius 3 is 2.59 bits per heavy atom. The summed E-state index contributed by atoms with van der Waals surface area (Å²) in [7, 11) is 0. The Hall–Kier alpha value is -1.96. The molecule has 0 bridgehead atoms. The smallest absolute Gasteiger partial charge is 0.418 e. The van der Waals surface area contributed by atoms with Gasteiger partial charge in [0, 0.05) is 12.6 Å². The maximum Gasteiger partial charge on any atom is 0.418 e. The molecule has 0 saturated heterocycles. The Labute approximate surface area is 156 Å². The standard InChI is InChI=1S/C19H25F3N2O3/c1-11(2)4-5-27-14-6-12-10-23-17(25)24(13-8-18(3,26)9-13)16(12)15(7-14)19(20,21)22/h6-7,11,13,26H,4-5,8-10H2,1-3H3,(H,23,25)/t13-,18-. The van der Waals surface area contributed by atoms with Gasteiger partial charge in [0.1, 0.15) is 5.75 Å². The van der Waals surface area contributed by atoms with Crippen LogP contribution >= 0.6 is 0 Å². The number of fused-ring (bicyclic) bond motifs is 1. The zero-order chi connectivity index (χ0) is 20.0. The van der Waals surface area contributed by atoms with Crippen molar-refractivity contribution in [2.75, 3.05) is 11.5 Å². The third-order valence-corrected chi connectivity index (χ3v) is 5.04. The summed E-state index contributed by atoms with van der Waals surface area (Å²) in [5.74, 6) is 0.532. The van der Waals surface area contributed by atoms with Gasteiger partial charge in [-0.3, -0.25) is 4.90 Å². The summed E-state index contributed by atoms with van der Waals surface area (Å²) in [6, 6.07) is 1.50. The van der Waals surface area contributed by atoms with E-state index < -0.39 is 29.4 Å².